The van der Waals surface area contributed by atoms with Crippen molar-refractivity contribution in [2.24, 2.45) is 5.41 Å². The number of hydrogen-bond acceptors (Lipinski definition) is 7. The van der Waals surface area contributed by atoms with Crippen LogP contribution in [0.2, 0.25) is 0 Å². The van der Waals surface area contributed by atoms with Crippen LogP contribution in [-0.2, 0) is 25.7 Å². The zero-order valence-corrected chi connectivity index (χ0v) is 17.1. The molecule has 2 amide bonds. The Hall–Kier alpha value is -2.49. The lowest BCUT2D eigenvalue weighted by atomic mass is 9.87. The summed E-state index contributed by atoms with van der Waals surface area (Å²) in [7, 11) is 1.59. The van der Waals surface area contributed by atoms with Crippen LogP contribution in [0, 0.1) is 5.41 Å². The summed E-state index contributed by atoms with van der Waals surface area (Å²) in [5.41, 5.74) is -0.205. The fourth-order valence-electron chi connectivity index (χ4n) is 2.18. The minimum Gasteiger partial charge on any atom is -0.491 e. The molecule has 0 saturated heterocycles. The molecule has 0 aliphatic rings. The standard InChI is InChI=1S/C20H30N2O7/c1-20(2,13-23)17(25)19(27)21-9-8-16(24)18(26)22-12-14-4-6-15(7-5-14)29-11-10-28-3/h4-7,17,23,25H,8-13H2,1-3H3,(H,21,27)(H,22,26)/t17-/m0/s1. The Morgan fingerprint density at radius 3 is 2.34 bits per heavy atom. The van der Waals surface area contributed by atoms with Crippen LogP contribution in [-0.4, -0.2) is 67.4 Å². The van der Waals surface area contributed by atoms with E-state index in [2.05, 4.69) is 10.6 Å². The van der Waals surface area contributed by atoms with Gasteiger partial charge in [0, 0.05) is 32.0 Å². The number of amides is 2. The van der Waals surface area contributed by atoms with Crippen LogP contribution in [0.1, 0.15) is 25.8 Å². The molecule has 0 fully saturated rings. The molecule has 9 nitrogen and oxygen atoms in total. The topological polar surface area (TPSA) is 134 Å². The quantitative estimate of drug-likeness (QED) is 0.261. The third kappa shape index (κ3) is 8.59. The van der Waals surface area contributed by atoms with Gasteiger partial charge in [0.2, 0.25) is 11.7 Å². The first-order valence-electron chi connectivity index (χ1n) is 9.29. The van der Waals surface area contributed by atoms with Crippen molar-refractivity contribution in [3.05, 3.63) is 29.8 Å². The number of carbonyl (C=O) groups is 3. The first-order valence-corrected chi connectivity index (χ1v) is 9.29. The highest BCUT2D eigenvalue weighted by Crippen LogP contribution is 2.19. The van der Waals surface area contributed by atoms with Crippen LogP contribution in [0.15, 0.2) is 24.3 Å². The Morgan fingerprint density at radius 1 is 1.10 bits per heavy atom. The van der Waals surface area contributed by atoms with Gasteiger partial charge in [0.15, 0.2) is 0 Å². The van der Waals surface area contributed by atoms with Gasteiger partial charge in [0.25, 0.3) is 5.91 Å². The summed E-state index contributed by atoms with van der Waals surface area (Å²) >= 11 is 0. The monoisotopic (exact) mass is 410 g/mol. The average Bonchev–Trinajstić information content (AvgIpc) is 2.72. The van der Waals surface area contributed by atoms with Gasteiger partial charge in [0.05, 0.1) is 13.2 Å². The highest BCUT2D eigenvalue weighted by atomic mass is 16.5. The number of ether oxygens (including phenoxy) is 2. The van der Waals surface area contributed by atoms with Crippen LogP contribution in [0.5, 0.6) is 5.75 Å². The summed E-state index contributed by atoms with van der Waals surface area (Å²) in [5, 5.41) is 23.9. The lowest BCUT2D eigenvalue weighted by Crippen LogP contribution is -2.46. The summed E-state index contributed by atoms with van der Waals surface area (Å²) in [6, 6.07) is 7.07. The first-order chi connectivity index (χ1) is 13.7. The Balaban J connectivity index is 2.34. The number of Topliss-reactive ketones (excluding diaryl/α,β-unsaturated/α-hetero) is 1. The molecule has 1 rings (SSSR count). The molecule has 0 unspecified atom stereocenters. The van der Waals surface area contributed by atoms with Gasteiger partial charge in [-0.3, -0.25) is 14.4 Å². The van der Waals surface area contributed by atoms with Crippen molar-refractivity contribution in [1.82, 2.24) is 10.6 Å². The Kier molecular flexibility index (Phi) is 10.3. The van der Waals surface area contributed by atoms with Gasteiger partial charge in [-0.1, -0.05) is 26.0 Å². The molecule has 162 valence electrons. The van der Waals surface area contributed by atoms with Gasteiger partial charge in [0.1, 0.15) is 18.5 Å². The van der Waals surface area contributed by atoms with E-state index in [4.69, 9.17) is 14.6 Å². The molecule has 1 aromatic rings. The second-order valence-corrected chi connectivity index (χ2v) is 7.18. The maximum Gasteiger partial charge on any atom is 0.287 e. The fraction of sp³-hybridized carbons (Fsp3) is 0.550. The van der Waals surface area contributed by atoms with Crippen molar-refractivity contribution in [3.8, 4) is 5.75 Å². The molecule has 0 heterocycles. The van der Waals surface area contributed by atoms with E-state index >= 15 is 0 Å². The van der Waals surface area contributed by atoms with Crippen molar-refractivity contribution in [2.45, 2.75) is 32.9 Å². The summed E-state index contributed by atoms with van der Waals surface area (Å²) in [5.74, 6) is -1.46. The van der Waals surface area contributed by atoms with Gasteiger partial charge in [-0.15, -0.1) is 0 Å². The highest BCUT2D eigenvalue weighted by Gasteiger charge is 2.32. The summed E-state index contributed by atoms with van der Waals surface area (Å²) in [4.78, 5) is 35.6. The number of carbonyl (C=O) groups excluding carboxylic acids is 3. The first kappa shape index (κ1) is 24.5. The predicted molar refractivity (Wildman–Crippen MR) is 105 cm³/mol. The van der Waals surface area contributed by atoms with Crippen LogP contribution in [0.25, 0.3) is 0 Å². The predicted octanol–water partition coefficient (Wildman–Crippen LogP) is -0.217. The fourth-order valence-corrected chi connectivity index (χ4v) is 2.18. The number of hydrogen-bond donors (Lipinski definition) is 4. The molecule has 0 saturated carbocycles. The normalized spacial score (nSPS) is 12.2. The van der Waals surface area contributed by atoms with E-state index in [1.165, 1.54) is 13.8 Å². The van der Waals surface area contributed by atoms with E-state index in [-0.39, 0.29) is 26.1 Å². The van der Waals surface area contributed by atoms with Crippen molar-refractivity contribution in [1.29, 1.82) is 0 Å². The number of aliphatic hydroxyl groups is 2. The van der Waals surface area contributed by atoms with Crippen LogP contribution >= 0.6 is 0 Å². The van der Waals surface area contributed by atoms with E-state index in [9.17, 15) is 19.5 Å². The largest absolute Gasteiger partial charge is 0.491 e. The Morgan fingerprint density at radius 2 is 1.76 bits per heavy atom. The number of ketones is 1. The SMILES string of the molecule is COCCOc1ccc(CNC(=O)C(=O)CCNC(=O)[C@H](O)C(C)(C)CO)cc1. The van der Waals surface area contributed by atoms with Crippen molar-refractivity contribution < 1.29 is 34.1 Å². The zero-order chi connectivity index (χ0) is 21.9. The molecule has 9 heteroatoms. The second-order valence-electron chi connectivity index (χ2n) is 7.18. The summed E-state index contributed by atoms with van der Waals surface area (Å²) < 4.78 is 10.3. The maximum atomic E-state index is 11.9. The number of aliphatic hydroxyl groups excluding tert-OH is 2. The number of methoxy groups -OCH3 is 1. The summed E-state index contributed by atoms with van der Waals surface area (Å²) in [6.45, 7) is 3.71. The molecule has 0 spiro atoms. The van der Waals surface area contributed by atoms with E-state index < -0.39 is 29.1 Å². The third-order valence-corrected chi connectivity index (χ3v) is 4.23. The van der Waals surface area contributed by atoms with Crippen molar-refractivity contribution in [2.75, 3.05) is 33.5 Å². The molecule has 0 radical (unpaired) electrons. The minimum absolute atomic E-state index is 0.0861. The molecule has 0 bridgehead atoms. The molecule has 0 aliphatic heterocycles. The molecular weight excluding hydrogens is 380 g/mol. The molecule has 4 N–H and O–H groups in total. The minimum atomic E-state index is -1.42. The highest BCUT2D eigenvalue weighted by molar-refractivity contribution is 6.36. The van der Waals surface area contributed by atoms with Gasteiger partial charge < -0.3 is 30.3 Å². The Labute approximate surface area is 170 Å². The van der Waals surface area contributed by atoms with Gasteiger partial charge in [-0.05, 0) is 17.7 Å². The second kappa shape index (κ2) is 12.2. The van der Waals surface area contributed by atoms with E-state index in [1.54, 1.807) is 31.4 Å². The number of benzene rings is 1. The van der Waals surface area contributed by atoms with Crippen molar-refractivity contribution in [3.63, 3.8) is 0 Å². The van der Waals surface area contributed by atoms with Crippen LogP contribution in [0.4, 0.5) is 0 Å². The molecule has 0 aromatic heterocycles. The number of rotatable bonds is 13. The maximum absolute atomic E-state index is 11.9. The zero-order valence-electron chi connectivity index (χ0n) is 17.1. The smallest absolute Gasteiger partial charge is 0.287 e. The molecule has 1 atom stereocenters. The molecular formula is C20H30N2O7. The van der Waals surface area contributed by atoms with Gasteiger partial charge >= 0.3 is 0 Å². The van der Waals surface area contributed by atoms with Crippen LogP contribution in [0.3, 0.4) is 0 Å². The van der Waals surface area contributed by atoms with E-state index in [0.717, 1.165) is 5.56 Å². The molecule has 0 aliphatic carbocycles. The lowest BCUT2D eigenvalue weighted by Gasteiger charge is -2.27. The summed E-state index contributed by atoms with van der Waals surface area (Å²) in [6.07, 6.45) is -1.62. The van der Waals surface area contributed by atoms with E-state index in [1.807, 2.05) is 0 Å². The van der Waals surface area contributed by atoms with Crippen LogP contribution < -0.4 is 15.4 Å². The average molecular weight is 410 g/mol. The Bertz CT molecular complexity index is 674. The van der Waals surface area contributed by atoms with Crippen molar-refractivity contribution >= 4 is 17.6 Å². The molecule has 1 aromatic carbocycles. The molecule has 29 heavy (non-hydrogen) atoms. The third-order valence-electron chi connectivity index (χ3n) is 4.23. The lowest BCUT2D eigenvalue weighted by molar-refractivity contribution is -0.139. The van der Waals surface area contributed by atoms with Gasteiger partial charge in [-0.25, -0.2) is 0 Å². The van der Waals surface area contributed by atoms with E-state index in [0.29, 0.717) is 19.0 Å². The van der Waals surface area contributed by atoms with Gasteiger partial charge in [-0.2, -0.15) is 0 Å². The number of nitrogens with one attached hydrogen (secondary N) is 2.